The van der Waals surface area contributed by atoms with Crippen molar-refractivity contribution in [1.29, 1.82) is 0 Å². The SMILES string of the molecule is COc1ccc(OCCNC(=O)CCn2c(=O)oc3ccccc32)cc1. The third-order valence-electron chi connectivity index (χ3n) is 3.89. The van der Waals surface area contributed by atoms with Gasteiger partial charge in [0.1, 0.15) is 18.1 Å². The number of fused-ring (bicyclic) bond motifs is 1. The first-order valence-electron chi connectivity index (χ1n) is 8.29. The number of methoxy groups -OCH3 is 1. The summed E-state index contributed by atoms with van der Waals surface area (Å²) in [6, 6.07) is 14.4. The number of nitrogens with zero attached hydrogens (tertiary/aromatic N) is 1. The summed E-state index contributed by atoms with van der Waals surface area (Å²) in [4.78, 5) is 23.8. The quantitative estimate of drug-likeness (QED) is 0.626. The van der Waals surface area contributed by atoms with Gasteiger partial charge >= 0.3 is 5.76 Å². The number of carbonyl (C=O) groups excluding carboxylic acids is 1. The molecule has 0 bridgehead atoms. The van der Waals surface area contributed by atoms with Crippen LogP contribution in [-0.2, 0) is 11.3 Å². The van der Waals surface area contributed by atoms with Crippen LogP contribution in [0.25, 0.3) is 11.1 Å². The summed E-state index contributed by atoms with van der Waals surface area (Å²) in [5, 5.41) is 2.77. The van der Waals surface area contributed by atoms with E-state index in [1.807, 2.05) is 6.07 Å². The second-order valence-corrected chi connectivity index (χ2v) is 5.61. The Hall–Kier alpha value is -3.22. The predicted molar refractivity (Wildman–Crippen MR) is 96.6 cm³/mol. The monoisotopic (exact) mass is 356 g/mol. The van der Waals surface area contributed by atoms with Gasteiger partial charge < -0.3 is 19.2 Å². The van der Waals surface area contributed by atoms with E-state index in [2.05, 4.69) is 5.32 Å². The van der Waals surface area contributed by atoms with Gasteiger partial charge in [-0.3, -0.25) is 9.36 Å². The maximum atomic E-state index is 12.0. The molecule has 0 saturated heterocycles. The Kier molecular flexibility index (Phi) is 5.58. The molecule has 136 valence electrons. The second-order valence-electron chi connectivity index (χ2n) is 5.61. The lowest BCUT2D eigenvalue weighted by Gasteiger charge is -2.08. The Morgan fingerprint density at radius 2 is 1.85 bits per heavy atom. The molecule has 0 atom stereocenters. The van der Waals surface area contributed by atoms with Gasteiger partial charge in [-0.15, -0.1) is 0 Å². The predicted octanol–water partition coefficient (Wildman–Crippen LogP) is 2.19. The molecule has 0 saturated carbocycles. The zero-order chi connectivity index (χ0) is 18.4. The molecule has 1 N–H and O–H groups in total. The summed E-state index contributed by atoms with van der Waals surface area (Å²) >= 11 is 0. The van der Waals surface area contributed by atoms with E-state index in [4.69, 9.17) is 13.9 Å². The topological polar surface area (TPSA) is 82.7 Å². The first kappa shape index (κ1) is 17.6. The fourth-order valence-electron chi connectivity index (χ4n) is 2.56. The minimum atomic E-state index is -0.457. The molecule has 0 aliphatic rings. The van der Waals surface area contributed by atoms with Crippen LogP contribution in [0.5, 0.6) is 11.5 Å². The van der Waals surface area contributed by atoms with Crippen molar-refractivity contribution in [3.63, 3.8) is 0 Å². The molecule has 1 heterocycles. The Bertz CT molecular complexity index is 927. The smallest absolute Gasteiger partial charge is 0.419 e. The molecule has 3 aromatic rings. The van der Waals surface area contributed by atoms with Crippen LogP contribution in [0, 0.1) is 0 Å². The molecule has 0 fully saturated rings. The molecule has 7 nitrogen and oxygen atoms in total. The minimum absolute atomic E-state index is 0.152. The standard InChI is InChI=1S/C19H20N2O5/c1-24-14-6-8-15(9-7-14)25-13-11-20-18(22)10-12-21-16-4-2-3-5-17(16)26-19(21)23/h2-9H,10-13H2,1H3,(H,20,22). The number of rotatable bonds is 8. The van der Waals surface area contributed by atoms with E-state index in [9.17, 15) is 9.59 Å². The molecule has 0 spiro atoms. The van der Waals surface area contributed by atoms with E-state index in [1.54, 1.807) is 49.6 Å². The Labute approximate surface area is 150 Å². The van der Waals surface area contributed by atoms with Gasteiger partial charge in [-0.25, -0.2) is 4.79 Å². The summed E-state index contributed by atoms with van der Waals surface area (Å²) in [5.74, 6) is 0.853. The third kappa shape index (κ3) is 4.24. The van der Waals surface area contributed by atoms with Crippen molar-refractivity contribution in [2.75, 3.05) is 20.3 Å². The molecule has 0 radical (unpaired) electrons. The number of carbonyl (C=O) groups is 1. The summed E-state index contributed by atoms with van der Waals surface area (Å²) in [6.07, 6.45) is 0.186. The fraction of sp³-hybridized carbons (Fsp3) is 0.263. The van der Waals surface area contributed by atoms with Gasteiger partial charge in [0.2, 0.25) is 5.91 Å². The van der Waals surface area contributed by atoms with E-state index in [1.165, 1.54) is 4.57 Å². The number of hydrogen-bond acceptors (Lipinski definition) is 5. The Balaban J connectivity index is 1.42. The van der Waals surface area contributed by atoms with Crippen molar-refractivity contribution < 1.29 is 18.7 Å². The highest BCUT2D eigenvalue weighted by Crippen LogP contribution is 2.16. The highest BCUT2D eigenvalue weighted by Gasteiger charge is 2.10. The summed E-state index contributed by atoms with van der Waals surface area (Å²) in [7, 11) is 1.60. The number of amides is 1. The van der Waals surface area contributed by atoms with E-state index in [-0.39, 0.29) is 18.9 Å². The van der Waals surface area contributed by atoms with Gasteiger partial charge in [0.15, 0.2) is 5.58 Å². The normalized spacial score (nSPS) is 10.7. The lowest BCUT2D eigenvalue weighted by Crippen LogP contribution is -2.29. The summed E-state index contributed by atoms with van der Waals surface area (Å²) < 4.78 is 17.2. The molecular formula is C19H20N2O5. The van der Waals surface area contributed by atoms with Gasteiger partial charge in [-0.05, 0) is 36.4 Å². The highest BCUT2D eigenvalue weighted by atomic mass is 16.5. The van der Waals surface area contributed by atoms with E-state index in [0.29, 0.717) is 30.0 Å². The van der Waals surface area contributed by atoms with Gasteiger partial charge in [-0.1, -0.05) is 12.1 Å². The maximum Gasteiger partial charge on any atom is 0.419 e. The molecular weight excluding hydrogens is 336 g/mol. The number of ether oxygens (including phenoxy) is 2. The number of oxazole rings is 1. The average molecular weight is 356 g/mol. The summed E-state index contributed by atoms with van der Waals surface area (Å²) in [5.41, 5.74) is 1.21. The van der Waals surface area contributed by atoms with Crippen molar-refractivity contribution in [1.82, 2.24) is 9.88 Å². The van der Waals surface area contributed by atoms with Gasteiger partial charge in [0, 0.05) is 13.0 Å². The summed E-state index contributed by atoms with van der Waals surface area (Å²) in [6.45, 7) is 1.000. The zero-order valence-electron chi connectivity index (χ0n) is 14.4. The number of aromatic nitrogens is 1. The lowest BCUT2D eigenvalue weighted by molar-refractivity contribution is -0.121. The number of para-hydroxylation sites is 2. The maximum absolute atomic E-state index is 12.0. The molecule has 0 aliphatic heterocycles. The minimum Gasteiger partial charge on any atom is -0.497 e. The van der Waals surface area contributed by atoms with Crippen LogP contribution >= 0.6 is 0 Å². The van der Waals surface area contributed by atoms with Crippen LogP contribution in [0.3, 0.4) is 0 Å². The highest BCUT2D eigenvalue weighted by molar-refractivity contribution is 5.76. The largest absolute Gasteiger partial charge is 0.497 e. The number of benzene rings is 2. The van der Waals surface area contributed by atoms with Crippen molar-refractivity contribution in [2.24, 2.45) is 0 Å². The van der Waals surface area contributed by atoms with Crippen LogP contribution in [0.4, 0.5) is 0 Å². The lowest BCUT2D eigenvalue weighted by atomic mass is 10.3. The van der Waals surface area contributed by atoms with Crippen molar-refractivity contribution in [3.05, 3.63) is 59.1 Å². The Morgan fingerprint density at radius 3 is 2.62 bits per heavy atom. The fourth-order valence-corrected chi connectivity index (χ4v) is 2.56. The molecule has 3 rings (SSSR count). The van der Waals surface area contributed by atoms with Gasteiger partial charge in [0.05, 0.1) is 19.2 Å². The van der Waals surface area contributed by atoms with E-state index in [0.717, 1.165) is 5.75 Å². The number of hydrogen-bond donors (Lipinski definition) is 1. The molecule has 2 aromatic carbocycles. The first-order valence-corrected chi connectivity index (χ1v) is 8.29. The first-order chi connectivity index (χ1) is 12.7. The van der Waals surface area contributed by atoms with Crippen LogP contribution in [0.15, 0.2) is 57.7 Å². The zero-order valence-corrected chi connectivity index (χ0v) is 14.4. The van der Waals surface area contributed by atoms with Crippen molar-refractivity contribution >= 4 is 17.0 Å². The van der Waals surface area contributed by atoms with Gasteiger partial charge in [-0.2, -0.15) is 0 Å². The molecule has 0 aliphatic carbocycles. The number of aryl methyl sites for hydroxylation is 1. The third-order valence-corrected chi connectivity index (χ3v) is 3.89. The van der Waals surface area contributed by atoms with Crippen LogP contribution in [0.1, 0.15) is 6.42 Å². The average Bonchev–Trinajstić information content (AvgIpc) is 2.99. The van der Waals surface area contributed by atoms with Crippen LogP contribution in [-0.4, -0.2) is 30.7 Å². The molecule has 26 heavy (non-hydrogen) atoms. The molecule has 7 heteroatoms. The van der Waals surface area contributed by atoms with Crippen molar-refractivity contribution in [2.45, 2.75) is 13.0 Å². The van der Waals surface area contributed by atoms with Crippen LogP contribution in [0.2, 0.25) is 0 Å². The molecule has 1 aromatic heterocycles. The van der Waals surface area contributed by atoms with E-state index < -0.39 is 5.76 Å². The number of nitrogens with one attached hydrogen (secondary N) is 1. The molecule has 0 unspecified atom stereocenters. The Morgan fingerprint density at radius 1 is 1.12 bits per heavy atom. The van der Waals surface area contributed by atoms with Gasteiger partial charge in [0.25, 0.3) is 0 Å². The second kappa shape index (κ2) is 8.24. The molecule has 1 amide bonds. The van der Waals surface area contributed by atoms with E-state index >= 15 is 0 Å². The van der Waals surface area contributed by atoms with Crippen molar-refractivity contribution in [3.8, 4) is 11.5 Å². The van der Waals surface area contributed by atoms with Crippen LogP contribution < -0.4 is 20.5 Å².